The maximum atomic E-state index is 10.8. The zero-order valence-electron chi connectivity index (χ0n) is 22.7. The third kappa shape index (κ3) is 3.85. The molecule has 2 N–H and O–H groups in total. The first kappa shape index (κ1) is 26.2. The number of aliphatic hydroxyl groups excluding tert-OH is 1. The van der Waals surface area contributed by atoms with E-state index >= 15 is 0 Å². The number of aliphatic hydroxyl groups is 2. The van der Waals surface area contributed by atoms with E-state index in [1.54, 1.807) is 0 Å². The quantitative estimate of drug-likeness (QED) is 0.283. The number of fused-ring (bicyclic) bond motifs is 4. The van der Waals surface area contributed by atoms with Gasteiger partial charge in [-0.1, -0.05) is 68.6 Å². The molecule has 0 aromatic heterocycles. The summed E-state index contributed by atoms with van der Waals surface area (Å²) in [7, 11) is 0. The summed E-state index contributed by atoms with van der Waals surface area (Å²) in [6, 6.07) is 0. The van der Waals surface area contributed by atoms with Crippen molar-refractivity contribution in [1.82, 2.24) is 0 Å². The first-order valence-corrected chi connectivity index (χ1v) is 14.8. The van der Waals surface area contributed by atoms with Gasteiger partial charge in [0.25, 0.3) is 0 Å². The Hall–Kier alpha value is 0.140. The number of hydrogen-bond acceptors (Lipinski definition) is 2. The lowest BCUT2D eigenvalue weighted by molar-refractivity contribution is -0.0962. The van der Waals surface area contributed by atoms with Gasteiger partial charge in [-0.25, -0.2) is 0 Å². The molecule has 0 aliphatic heterocycles. The lowest BCUT2D eigenvalue weighted by Crippen LogP contribution is -2.55. The molecule has 4 rings (SSSR count). The molecule has 0 heterocycles. The molecule has 4 aliphatic carbocycles. The van der Waals surface area contributed by atoms with Crippen LogP contribution < -0.4 is 0 Å². The van der Waals surface area contributed by atoms with Gasteiger partial charge in [-0.3, -0.25) is 0 Å². The maximum Gasteiger partial charge on any atom is 0.0716 e. The standard InChI is InChI=1S/C30H51BrO2/c1-19(9-12-24(31)27(4,5)33)20-13-17-30(8)22-10-11-23-26(2,3)25(32)15-16-28(23,6)21(22)14-18-29(20,30)7/h19-20,23-25,32-33H,9-18H2,1-8H3/t19-,20?,23?,24?,25+,28-,29-,30+/m1/s1. The van der Waals surface area contributed by atoms with E-state index < -0.39 is 5.60 Å². The second kappa shape index (κ2) is 8.34. The highest BCUT2D eigenvalue weighted by Crippen LogP contribution is 2.72. The third-order valence-corrected chi connectivity index (χ3v) is 13.7. The van der Waals surface area contributed by atoms with Crippen molar-refractivity contribution < 1.29 is 10.2 Å². The average Bonchev–Trinajstić information content (AvgIpc) is 3.00. The largest absolute Gasteiger partial charge is 0.393 e. The normalized spacial score (nSPS) is 44.6. The van der Waals surface area contributed by atoms with Gasteiger partial charge in [-0.15, -0.1) is 0 Å². The van der Waals surface area contributed by atoms with Crippen molar-refractivity contribution in [2.24, 2.45) is 39.4 Å². The molecular formula is C30H51BrO2. The highest BCUT2D eigenvalue weighted by atomic mass is 79.9. The van der Waals surface area contributed by atoms with Crippen molar-refractivity contribution in [2.45, 2.75) is 136 Å². The van der Waals surface area contributed by atoms with Crippen LogP contribution in [0.5, 0.6) is 0 Å². The molecule has 0 saturated heterocycles. The van der Waals surface area contributed by atoms with Crippen LogP contribution in [0, 0.1) is 39.4 Å². The van der Waals surface area contributed by atoms with Crippen molar-refractivity contribution in [1.29, 1.82) is 0 Å². The summed E-state index contributed by atoms with van der Waals surface area (Å²) in [6.07, 6.45) is 12.0. The Labute approximate surface area is 212 Å². The molecule has 0 spiro atoms. The number of halogens is 1. The zero-order valence-corrected chi connectivity index (χ0v) is 24.3. The Morgan fingerprint density at radius 1 is 0.939 bits per heavy atom. The fraction of sp³-hybridized carbons (Fsp3) is 0.933. The topological polar surface area (TPSA) is 40.5 Å². The molecule has 2 saturated carbocycles. The van der Waals surface area contributed by atoms with E-state index in [9.17, 15) is 10.2 Å². The zero-order chi connectivity index (χ0) is 24.6. The molecular weight excluding hydrogens is 472 g/mol. The van der Waals surface area contributed by atoms with E-state index in [2.05, 4.69) is 57.5 Å². The first-order chi connectivity index (χ1) is 15.1. The van der Waals surface area contributed by atoms with Crippen molar-refractivity contribution in [3.05, 3.63) is 11.1 Å². The van der Waals surface area contributed by atoms with Crippen LogP contribution in [0.2, 0.25) is 0 Å². The molecule has 0 amide bonds. The second-order valence-corrected chi connectivity index (χ2v) is 15.5. The summed E-state index contributed by atoms with van der Waals surface area (Å²) in [5.74, 6) is 2.07. The van der Waals surface area contributed by atoms with Gasteiger partial charge in [-0.05, 0) is 117 Å². The number of hydrogen-bond donors (Lipinski definition) is 2. The van der Waals surface area contributed by atoms with Crippen LogP contribution in [0.4, 0.5) is 0 Å². The van der Waals surface area contributed by atoms with Gasteiger partial charge < -0.3 is 10.2 Å². The summed E-state index contributed by atoms with van der Waals surface area (Å²) < 4.78 is 0. The van der Waals surface area contributed by atoms with E-state index in [-0.39, 0.29) is 21.8 Å². The second-order valence-electron chi connectivity index (χ2n) is 14.4. The van der Waals surface area contributed by atoms with Crippen molar-refractivity contribution >= 4 is 15.9 Å². The fourth-order valence-corrected chi connectivity index (χ4v) is 9.86. The highest BCUT2D eigenvalue weighted by molar-refractivity contribution is 9.09. The monoisotopic (exact) mass is 522 g/mol. The molecule has 0 aromatic rings. The molecule has 2 fully saturated rings. The summed E-state index contributed by atoms with van der Waals surface area (Å²) in [5, 5.41) is 21.2. The summed E-state index contributed by atoms with van der Waals surface area (Å²) in [5.41, 5.74) is 4.01. The number of alkyl halides is 1. The van der Waals surface area contributed by atoms with E-state index in [1.807, 2.05) is 25.0 Å². The van der Waals surface area contributed by atoms with E-state index in [4.69, 9.17) is 0 Å². The van der Waals surface area contributed by atoms with E-state index in [0.29, 0.717) is 22.7 Å². The number of allylic oxidation sites excluding steroid dienone is 2. The van der Waals surface area contributed by atoms with Gasteiger partial charge in [0.1, 0.15) is 0 Å². The molecule has 0 aromatic carbocycles. The Morgan fingerprint density at radius 3 is 2.24 bits per heavy atom. The van der Waals surface area contributed by atoms with Gasteiger partial charge in [-0.2, -0.15) is 0 Å². The SMILES string of the molecule is C[C@H](CCC(Br)C(C)(C)O)C1CC[C@@]2(C)C3=C(CC[C@]12C)[C@@]1(C)CC[C@H](O)C(C)(C)C1CC3. The van der Waals surface area contributed by atoms with Crippen molar-refractivity contribution in [3.8, 4) is 0 Å². The van der Waals surface area contributed by atoms with E-state index in [0.717, 1.165) is 25.2 Å². The van der Waals surface area contributed by atoms with Gasteiger partial charge in [0.15, 0.2) is 0 Å². The Balaban J connectivity index is 1.60. The minimum absolute atomic E-state index is 0.0204. The molecule has 8 atom stereocenters. The minimum Gasteiger partial charge on any atom is -0.393 e. The van der Waals surface area contributed by atoms with E-state index in [1.165, 1.54) is 44.9 Å². The predicted molar refractivity (Wildman–Crippen MR) is 142 cm³/mol. The molecule has 3 unspecified atom stereocenters. The molecule has 3 heteroatoms. The van der Waals surface area contributed by atoms with Crippen LogP contribution in [0.3, 0.4) is 0 Å². The summed E-state index contributed by atoms with van der Waals surface area (Å²) in [6.45, 7) is 18.8. The van der Waals surface area contributed by atoms with Gasteiger partial charge in [0.2, 0.25) is 0 Å². The van der Waals surface area contributed by atoms with Crippen molar-refractivity contribution in [3.63, 3.8) is 0 Å². The van der Waals surface area contributed by atoms with Gasteiger partial charge in [0, 0.05) is 4.83 Å². The first-order valence-electron chi connectivity index (χ1n) is 13.9. The molecule has 0 bridgehead atoms. The summed E-state index contributed by atoms with van der Waals surface area (Å²) >= 11 is 3.75. The Bertz CT molecular complexity index is 794. The average molecular weight is 524 g/mol. The van der Waals surface area contributed by atoms with Crippen LogP contribution in [-0.2, 0) is 0 Å². The molecule has 0 radical (unpaired) electrons. The molecule has 4 aliphatic rings. The highest BCUT2D eigenvalue weighted by Gasteiger charge is 2.63. The van der Waals surface area contributed by atoms with Crippen LogP contribution in [0.15, 0.2) is 11.1 Å². The fourth-order valence-electron chi connectivity index (χ4n) is 9.59. The minimum atomic E-state index is -0.659. The van der Waals surface area contributed by atoms with Crippen LogP contribution in [0.1, 0.15) is 120 Å². The van der Waals surface area contributed by atoms with Gasteiger partial charge >= 0.3 is 0 Å². The lowest BCUT2D eigenvalue weighted by atomic mass is 9.43. The van der Waals surface area contributed by atoms with Gasteiger partial charge in [0.05, 0.1) is 11.7 Å². The Kier molecular flexibility index (Phi) is 6.62. The third-order valence-electron chi connectivity index (χ3n) is 12.1. The lowest BCUT2D eigenvalue weighted by Gasteiger charge is -2.62. The Morgan fingerprint density at radius 2 is 1.61 bits per heavy atom. The van der Waals surface area contributed by atoms with Crippen LogP contribution in [-0.4, -0.2) is 26.7 Å². The van der Waals surface area contributed by atoms with Crippen LogP contribution >= 0.6 is 15.9 Å². The molecule has 190 valence electrons. The maximum absolute atomic E-state index is 10.8. The van der Waals surface area contributed by atoms with Crippen LogP contribution in [0.25, 0.3) is 0 Å². The smallest absolute Gasteiger partial charge is 0.0716 e. The number of rotatable bonds is 5. The van der Waals surface area contributed by atoms with Crippen molar-refractivity contribution in [2.75, 3.05) is 0 Å². The predicted octanol–water partition coefficient (Wildman–Crippen LogP) is 8.05. The molecule has 33 heavy (non-hydrogen) atoms. The molecule has 2 nitrogen and oxygen atoms in total. The summed E-state index contributed by atoms with van der Waals surface area (Å²) in [4.78, 5) is 0.161.